The van der Waals surface area contributed by atoms with E-state index in [1.165, 1.54) is 19.0 Å². The van der Waals surface area contributed by atoms with E-state index in [4.69, 9.17) is 0 Å². The lowest BCUT2D eigenvalue weighted by Crippen LogP contribution is -2.10. The second kappa shape index (κ2) is 5.32. The Morgan fingerprint density at radius 3 is 2.38 bits per heavy atom. The van der Waals surface area contributed by atoms with Gasteiger partial charge in [-0.05, 0) is 20.0 Å². The molecule has 0 radical (unpaired) electrons. The topological polar surface area (TPSA) is 12.0 Å². The maximum Gasteiger partial charge on any atom is 0.0306 e. The molecule has 0 bridgehead atoms. The molecular formula is C6H17NSi. The van der Waals surface area contributed by atoms with E-state index in [-0.39, 0.29) is 8.80 Å². The Morgan fingerprint density at radius 2 is 2.00 bits per heavy atom. The molecule has 0 unspecified atom stereocenters. The molecule has 0 aliphatic rings. The van der Waals surface area contributed by atoms with Crippen LogP contribution in [0.1, 0.15) is 6.42 Å². The van der Waals surface area contributed by atoms with Gasteiger partial charge in [-0.15, -0.1) is 0 Å². The molecule has 2 heteroatoms. The van der Waals surface area contributed by atoms with E-state index in [2.05, 4.69) is 18.4 Å². The van der Waals surface area contributed by atoms with Gasteiger partial charge in [-0.25, -0.2) is 0 Å². The fourth-order valence-electron chi connectivity index (χ4n) is 0.687. The van der Waals surface area contributed by atoms with Crippen LogP contribution in [0.2, 0.25) is 19.1 Å². The Labute approximate surface area is 54.1 Å². The summed E-state index contributed by atoms with van der Waals surface area (Å²) in [5.41, 5.74) is 0. The Kier molecular flexibility index (Phi) is 5.43. The average Bonchev–Trinajstić information content (AvgIpc) is 1.66. The summed E-state index contributed by atoms with van der Waals surface area (Å²) in [6.45, 7) is 6.00. The molecule has 0 atom stereocenters. The van der Waals surface area contributed by atoms with Crippen molar-refractivity contribution in [3.05, 3.63) is 0 Å². The Morgan fingerprint density at radius 1 is 1.38 bits per heavy atom. The monoisotopic (exact) mass is 131 g/mol. The minimum Gasteiger partial charge on any atom is -0.320 e. The van der Waals surface area contributed by atoms with Crippen molar-refractivity contribution in [3.8, 4) is 0 Å². The van der Waals surface area contributed by atoms with Crippen molar-refractivity contribution in [2.45, 2.75) is 25.6 Å². The van der Waals surface area contributed by atoms with Crippen LogP contribution in [0.3, 0.4) is 0 Å². The third-order valence-electron chi connectivity index (χ3n) is 1.21. The van der Waals surface area contributed by atoms with Crippen LogP contribution in [0.5, 0.6) is 0 Å². The zero-order valence-corrected chi connectivity index (χ0v) is 7.35. The first-order chi connectivity index (χ1) is 3.77. The molecule has 0 aromatic heterocycles. The minimum atomic E-state index is -0.242. The van der Waals surface area contributed by atoms with Gasteiger partial charge in [-0.1, -0.05) is 19.1 Å². The minimum absolute atomic E-state index is 0.242. The first kappa shape index (κ1) is 8.18. The zero-order chi connectivity index (χ0) is 6.41. The van der Waals surface area contributed by atoms with Crippen LogP contribution < -0.4 is 5.32 Å². The van der Waals surface area contributed by atoms with Crippen LogP contribution >= 0.6 is 0 Å². The standard InChI is InChI=1S/C6H17NSi/c1-7-5-4-6-8(2)3/h7-8H,4-6H2,1-3H3. The largest absolute Gasteiger partial charge is 0.320 e. The molecule has 0 spiro atoms. The molecule has 0 saturated heterocycles. The van der Waals surface area contributed by atoms with E-state index in [0.29, 0.717) is 0 Å². The summed E-state index contributed by atoms with van der Waals surface area (Å²) in [4.78, 5) is 0. The van der Waals surface area contributed by atoms with E-state index < -0.39 is 0 Å². The van der Waals surface area contributed by atoms with Crippen LogP contribution in [0.25, 0.3) is 0 Å². The Balaban J connectivity index is 2.72. The van der Waals surface area contributed by atoms with Gasteiger partial charge in [-0.3, -0.25) is 0 Å². The predicted molar refractivity (Wildman–Crippen MR) is 42.2 cm³/mol. The van der Waals surface area contributed by atoms with Crippen LogP contribution in [0, 0.1) is 0 Å². The molecular weight excluding hydrogens is 114 g/mol. The normalized spacial score (nSPS) is 10.5. The van der Waals surface area contributed by atoms with Gasteiger partial charge >= 0.3 is 0 Å². The summed E-state index contributed by atoms with van der Waals surface area (Å²) in [7, 11) is 1.77. The smallest absolute Gasteiger partial charge is 0.0306 e. The molecule has 0 aromatic rings. The Bertz CT molecular complexity index is 45.8. The predicted octanol–water partition coefficient (Wildman–Crippen LogP) is 1.08. The molecule has 0 fully saturated rings. The van der Waals surface area contributed by atoms with E-state index in [0.717, 1.165) is 0 Å². The van der Waals surface area contributed by atoms with Crippen molar-refractivity contribution >= 4 is 8.80 Å². The fraction of sp³-hybridized carbons (Fsp3) is 1.00. The van der Waals surface area contributed by atoms with Gasteiger partial charge in [0.1, 0.15) is 0 Å². The molecule has 0 aliphatic carbocycles. The molecule has 8 heavy (non-hydrogen) atoms. The van der Waals surface area contributed by atoms with Crippen molar-refractivity contribution in [1.29, 1.82) is 0 Å². The quantitative estimate of drug-likeness (QED) is 0.445. The maximum atomic E-state index is 3.15. The molecule has 0 saturated carbocycles. The SMILES string of the molecule is CNCCC[SiH](C)C. The Hall–Kier alpha value is 0.177. The van der Waals surface area contributed by atoms with E-state index in [1.54, 1.807) is 0 Å². The van der Waals surface area contributed by atoms with E-state index >= 15 is 0 Å². The summed E-state index contributed by atoms with van der Waals surface area (Å²) >= 11 is 0. The third kappa shape index (κ3) is 6.18. The van der Waals surface area contributed by atoms with Crippen LogP contribution in [-0.4, -0.2) is 22.4 Å². The first-order valence-electron chi connectivity index (χ1n) is 3.42. The number of rotatable bonds is 4. The number of hydrogen-bond donors (Lipinski definition) is 1. The molecule has 0 aromatic carbocycles. The third-order valence-corrected chi connectivity index (χ3v) is 2.77. The summed E-state index contributed by atoms with van der Waals surface area (Å²) in [5, 5.41) is 3.15. The summed E-state index contributed by atoms with van der Waals surface area (Å²) < 4.78 is 0. The second-order valence-corrected chi connectivity index (χ2v) is 6.00. The molecule has 1 nitrogen and oxygen atoms in total. The maximum absolute atomic E-state index is 3.15. The van der Waals surface area contributed by atoms with Crippen molar-refractivity contribution in [1.82, 2.24) is 5.32 Å². The molecule has 0 heterocycles. The zero-order valence-electron chi connectivity index (χ0n) is 6.20. The highest BCUT2D eigenvalue weighted by Gasteiger charge is 1.92. The molecule has 50 valence electrons. The molecule has 0 amide bonds. The van der Waals surface area contributed by atoms with Gasteiger partial charge in [0, 0.05) is 8.80 Å². The van der Waals surface area contributed by atoms with E-state index in [1.807, 2.05) is 7.05 Å². The average molecular weight is 131 g/mol. The fourth-order valence-corrected chi connectivity index (χ4v) is 1.71. The van der Waals surface area contributed by atoms with Crippen LogP contribution in [0.15, 0.2) is 0 Å². The van der Waals surface area contributed by atoms with Gasteiger partial charge in [0.25, 0.3) is 0 Å². The lowest BCUT2D eigenvalue weighted by Gasteiger charge is -2.00. The van der Waals surface area contributed by atoms with Gasteiger partial charge in [-0.2, -0.15) is 0 Å². The number of nitrogens with one attached hydrogen (secondary N) is 1. The summed E-state index contributed by atoms with van der Waals surface area (Å²) in [5.74, 6) is 0. The van der Waals surface area contributed by atoms with Gasteiger partial charge < -0.3 is 5.32 Å². The highest BCUT2D eigenvalue weighted by molar-refractivity contribution is 6.55. The lowest BCUT2D eigenvalue weighted by atomic mass is 10.5. The van der Waals surface area contributed by atoms with Crippen molar-refractivity contribution < 1.29 is 0 Å². The summed E-state index contributed by atoms with van der Waals surface area (Å²) in [6.07, 6.45) is 1.38. The van der Waals surface area contributed by atoms with Gasteiger partial charge in [0.2, 0.25) is 0 Å². The van der Waals surface area contributed by atoms with Crippen LogP contribution in [0.4, 0.5) is 0 Å². The molecule has 0 rings (SSSR count). The molecule has 0 aliphatic heterocycles. The molecule has 1 N–H and O–H groups in total. The first-order valence-corrected chi connectivity index (χ1v) is 6.54. The number of hydrogen-bond acceptors (Lipinski definition) is 1. The highest BCUT2D eigenvalue weighted by atomic mass is 28.3. The van der Waals surface area contributed by atoms with Gasteiger partial charge in [0.05, 0.1) is 0 Å². The van der Waals surface area contributed by atoms with Gasteiger partial charge in [0.15, 0.2) is 0 Å². The summed E-state index contributed by atoms with van der Waals surface area (Å²) in [6, 6.07) is 1.49. The second-order valence-electron chi connectivity index (χ2n) is 2.64. The van der Waals surface area contributed by atoms with Crippen molar-refractivity contribution in [3.63, 3.8) is 0 Å². The highest BCUT2D eigenvalue weighted by Crippen LogP contribution is 1.93. The van der Waals surface area contributed by atoms with Crippen molar-refractivity contribution in [2.24, 2.45) is 0 Å². The van der Waals surface area contributed by atoms with E-state index in [9.17, 15) is 0 Å². The van der Waals surface area contributed by atoms with Crippen LogP contribution in [-0.2, 0) is 0 Å². The van der Waals surface area contributed by atoms with Crippen molar-refractivity contribution in [2.75, 3.05) is 13.6 Å². The lowest BCUT2D eigenvalue weighted by molar-refractivity contribution is 0.768.